The Balaban J connectivity index is 2.46. The van der Waals surface area contributed by atoms with Gasteiger partial charge in [0.1, 0.15) is 5.82 Å². The number of likely N-dealkylation sites (N-methyl/N-ethyl adjacent to an activating group) is 1. The monoisotopic (exact) mass is 278 g/mol. The summed E-state index contributed by atoms with van der Waals surface area (Å²) in [5.74, 6) is 0.697. The quantitative estimate of drug-likeness (QED) is 0.763. The van der Waals surface area contributed by atoms with Gasteiger partial charge in [-0.3, -0.25) is 4.79 Å². The number of aromatic nitrogens is 1. The normalized spacial score (nSPS) is 10.9. The maximum atomic E-state index is 12.0. The van der Waals surface area contributed by atoms with E-state index < -0.39 is 0 Å². The van der Waals surface area contributed by atoms with Crippen LogP contribution in [0.2, 0.25) is 0 Å². The van der Waals surface area contributed by atoms with E-state index in [2.05, 4.69) is 48.3 Å². The van der Waals surface area contributed by atoms with Crippen LogP contribution in [0.3, 0.4) is 0 Å². The van der Waals surface area contributed by atoms with Crippen LogP contribution < -0.4 is 10.6 Å². The Bertz CT molecular complexity index is 420. The number of anilines is 1. The summed E-state index contributed by atoms with van der Waals surface area (Å²) < 4.78 is 0. The standard InChI is InChI=1S/C15H26N4O/c1-5-7-16-14-11-13(6-8-17-14)15(20)18-9-10-19(4)12(2)3/h6,8,11-12H,5,7,9-10H2,1-4H3,(H,16,17)(H,18,20). The first kappa shape index (κ1) is 16.4. The molecule has 1 rings (SSSR count). The Labute approximate surface area is 121 Å². The maximum Gasteiger partial charge on any atom is 0.251 e. The van der Waals surface area contributed by atoms with Gasteiger partial charge >= 0.3 is 0 Å². The Hall–Kier alpha value is -1.62. The zero-order valence-electron chi connectivity index (χ0n) is 12.9. The third kappa shape index (κ3) is 5.57. The fourth-order valence-corrected chi connectivity index (χ4v) is 1.63. The molecule has 1 aromatic heterocycles. The van der Waals surface area contributed by atoms with Crippen molar-refractivity contribution in [2.45, 2.75) is 33.2 Å². The predicted molar refractivity (Wildman–Crippen MR) is 83.1 cm³/mol. The summed E-state index contributed by atoms with van der Waals surface area (Å²) in [7, 11) is 2.05. The van der Waals surface area contributed by atoms with Crippen molar-refractivity contribution in [1.29, 1.82) is 0 Å². The Morgan fingerprint density at radius 2 is 2.15 bits per heavy atom. The molecule has 0 unspecified atom stereocenters. The summed E-state index contributed by atoms with van der Waals surface area (Å²) >= 11 is 0. The van der Waals surface area contributed by atoms with Crippen LogP contribution in [0.1, 0.15) is 37.6 Å². The molecule has 0 fully saturated rings. The van der Waals surface area contributed by atoms with E-state index in [4.69, 9.17) is 0 Å². The van der Waals surface area contributed by atoms with Crippen LogP contribution in [-0.2, 0) is 0 Å². The first-order chi connectivity index (χ1) is 9.54. The molecule has 0 aliphatic heterocycles. The van der Waals surface area contributed by atoms with Crippen molar-refractivity contribution >= 4 is 11.7 Å². The average Bonchev–Trinajstić information content (AvgIpc) is 2.45. The SMILES string of the molecule is CCCNc1cc(C(=O)NCCN(C)C(C)C)ccn1. The lowest BCUT2D eigenvalue weighted by Crippen LogP contribution is -2.36. The van der Waals surface area contributed by atoms with Crippen molar-refractivity contribution in [2.75, 3.05) is 32.0 Å². The van der Waals surface area contributed by atoms with Crippen molar-refractivity contribution < 1.29 is 4.79 Å². The third-order valence-electron chi connectivity index (χ3n) is 3.21. The van der Waals surface area contributed by atoms with Gasteiger partial charge in [0.2, 0.25) is 0 Å². The second kappa shape index (κ2) is 8.53. The van der Waals surface area contributed by atoms with Crippen molar-refractivity contribution in [3.05, 3.63) is 23.9 Å². The molecule has 0 spiro atoms. The number of amides is 1. The maximum absolute atomic E-state index is 12.0. The molecule has 0 aliphatic rings. The number of carbonyl (C=O) groups excluding carboxylic acids is 1. The fourth-order valence-electron chi connectivity index (χ4n) is 1.63. The molecule has 0 aromatic carbocycles. The summed E-state index contributed by atoms with van der Waals surface area (Å²) in [6.07, 6.45) is 2.69. The van der Waals surface area contributed by atoms with E-state index >= 15 is 0 Å². The van der Waals surface area contributed by atoms with Gasteiger partial charge < -0.3 is 15.5 Å². The summed E-state index contributed by atoms with van der Waals surface area (Å²) in [6.45, 7) is 8.71. The predicted octanol–water partition coefficient (Wildman–Crippen LogP) is 1.97. The van der Waals surface area contributed by atoms with Gasteiger partial charge in [-0.25, -0.2) is 4.98 Å². The highest BCUT2D eigenvalue weighted by atomic mass is 16.1. The molecule has 0 aliphatic carbocycles. The molecular weight excluding hydrogens is 252 g/mol. The molecule has 0 bridgehead atoms. The van der Waals surface area contributed by atoms with Crippen molar-refractivity contribution in [1.82, 2.24) is 15.2 Å². The van der Waals surface area contributed by atoms with Gasteiger partial charge in [0.25, 0.3) is 5.91 Å². The number of nitrogens with one attached hydrogen (secondary N) is 2. The lowest BCUT2D eigenvalue weighted by atomic mass is 10.2. The van der Waals surface area contributed by atoms with E-state index in [1.54, 1.807) is 18.3 Å². The van der Waals surface area contributed by atoms with Crippen LogP contribution in [0.15, 0.2) is 18.3 Å². The second-order valence-corrected chi connectivity index (χ2v) is 5.19. The lowest BCUT2D eigenvalue weighted by Gasteiger charge is -2.20. The molecule has 20 heavy (non-hydrogen) atoms. The molecule has 0 atom stereocenters. The molecule has 0 saturated heterocycles. The third-order valence-corrected chi connectivity index (χ3v) is 3.21. The highest BCUT2D eigenvalue weighted by Crippen LogP contribution is 2.06. The zero-order chi connectivity index (χ0) is 15.0. The molecule has 1 aromatic rings. The van der Waals surface area contributed by atoms with Gasteiger partial charge in [0.15, 0.2) is 0 Å². The summed E-state index contributed by atoms with van der Waals surface area (Å²) in [4.78, 5) is 18.4. The topological polar surface area (TPSA) is 57.3 Å². The van der Waals surface area contributed by atoms with Crippen LogP contribution in [0.25, 0.3) is 0 Å². The van der Waals surface area contributed by atoms with Gasteiger partial charge in [0, 0.05) is 37.4 Å². The first-order valence-corrected chi connectivity index (χ1v) is 7.23. The van der Waals surface area contributed by atoms with E-state index in [9.17, 15) is 4.79 Å². The fraction of sp³-hybridized carbons (Fsp3) is 0.600. The Morgan fingerprint density at radius 1 is 1.40 bits per heavy atom. The van der Waals surface area contributed by atoms with Crippen LogP contribution in [0.5, 0.6) is 0 Å². The molecule has 1 heterocycles. The van der Waals surface area contributed by atoms with E-state index in [-0.39, 0.29) is 5.91 Å². The molecule has 112 valence electrons. The highest BCUT2D eigenvalue weighted by Gasteiger charge is 2.08. The Kier molecular flexibility index (Phi) is 7.01. The largest absolute Gasteiger partial charge is 0.370 e. The van der Waals surface area contributed by atoms with E-state index in [1.807, 2.05) is 0 Å². The number of hydrogen-bond donors (Lipinski definition) is 2. The molecule has 1 amide bonds. The van der Waals surface area contributed by atoms with Gasteiger partial charge in [-0.2, -0.15) is 0 Å². The van der Waals surface area contributed by atoms with Gasteiger partial charge in [0.05, 0.1) is 0 Å². The summed E-state index contributed by atoms with van der Waals surface area (Å²) in [5, 5.41) is 6.11. The minimum absolute atomic E-state index is 0.0518. The molecule has 5 nitrogen and oxygen atoms in total. The molecule has 2 N–H and O–H groups in total. The van der Waals surface area contributed by atoms with E-state index in [0.29, 0.717) is 18.2 Å². The lowest BCUT2D eigenvalue weighted by molar-refractivity contribution is 0.0948. The number of carbonyl (C=O) groups is 1. The second-order valence-electron chi connectivity index (χ2n) is 5.19. The number of nitrogens with zero attached hydrogens (tertiary/aromatic N) is 2. The summed E-state index contributed by atoms with van der Waals surface area (Å²) in [6, 6.07) is 4.01. The highest BCUT2D eigenvalue weighted by molar-refractivity contribution is 5.94. The van der Waals surface area contributed by atoms with Crippen molar-refractivity contribution in [3.8, 4) is 0 Å². The minimum Gasteiger partial charge on any atom is -0.370 e. The van der Waals surface area contributed by atoms with Crippen molar-refractivity contribution in [2.24, 2.45) is 0 Å². The molecule has 0 saturated carbocycles. The van der Waals surface area contributed by atoms with Crippen LogP contribution in [0, 0.1) is 0 Å². The average molecular weight is 278 g/mol. The molecule has 5 heteroatoms. The van der Waals surface area contributed by atoms with Crippen LogP contribution in [0.4, 0.5) is 5.82 Å². The smallest absolute Gasteiger partial charge is 0.251 e. The molecular formula is C15H26N4O. The van der Waals surface area contributed by atoms with Crippen LogP contribution in [-0.4, -0.2) is 48.5 Å². The van der Waals surface area contributed by atoms with E-state index in [0.717, 1.165) is 25.3 Å². The molecule has 0 radical (unpaired) electrons. The van der Waals surface area contributed by atoms with E-state index in [1.165, 1.54) is 0 Å². The zero-order valence-corrected chi connectivity index (χ0v) is 12.9. The van der Waals surface area contributed by atoms with Gasteiger partial charge in [-0.15, -0.1) is 0 Å². The minimum atomic E-state index is -0.0518. The first-order valence-electron chi connectivity index (χ1n) is 7.23. The van der Waals surface area contributed by atoms with Crippen LogP contribution >= 0.6 is 0 Å². The van der Waals surface area contributed by atoms with Crippen molar-refractivity contribution in [3.63, 3.8) is 0 Å². The number of hydrogen-bond acceptors (Lipinski definition) is 4. The number of rotatable bonds is 8. The summed E-state index contributed by atoms with van der Waals surface area (Å²) in [5.41, 5.74) is 0.644. The number of pyridine rings is 1. The Morgan fingerprint density at radius 3 is 2.80 bits per heavy atom. The van der Waals surface area contributed by atoms with Gasteiger partial charge in [-0.05, 0) is 39.4 Å². The van der Waals surface area contributed by atoms with Gasteiger partial charge in [-0.1, -0.05) is 6.92 Å².